The number of nitrogens with zero attached hydrogens (tertiary/aromatic N) is 1. The molecular weight excluding hydrogens is 406 g/mol. The molecule has 6 heteroatoms. The number of hydrogen-bond donors (Lipinski definition) is 2. The number of hydrogen-bond acceptors (Lipinski definition) is 4. The third-order valence-electron chi connectivity index (χ3n) is 5.68. The van der Waals surface area contributed by atoms with Crippen molar-refractivity contribution in [2.24, 2.45) is 0 Å². The first-order chi connectivity index (χ1) is 15.5. The predicted molar refractivity (Wildman–Crippen MR) is 128 cm³/mol. The number of aliphatic carboxylic acids is 1. The van der Waals surface area contributed by atoms with Gasteiger partial charge in [-0.2, -0.15) is 5.06 Å². The Hall–Kier alpha value is -1.69. The zero-order chi connectivity index (χ0) is 23.9. The number of carbonyl (C=O) groups excluding carboxylic acids is 2. The first-order valence-electron chi connectivity index (χ1n) is 12.9. The first kappa shape index (κ1) is 30.3. The van der Waals surface area contributed by atoms with Crippen LogP contribution < -0.4 is 0 Å². The molecule has 0 aromatic carbocycles. The molecule has 0 aliphatic carbocycles. The van der Waals surface area contributed by atoms with E-state index in [2.05, 4.69) is 19.1 Å². The normalized spacial score (nSPS) is 13.6. The van der Waals surface area contributed by atoms with Gasteiger partial charge < -0.3 is 5.11 Å². The van der Waals surface area contributed by atoms with Crippen LogP contribution in [0.15, 0.2) is 12.2 Å². The summed E-state index contributed by atoms with van der Waals surface area (Å²) in [4.78, 5) is 30.9. The molecule has 186 valence electrons. The molecular formula is C26H47NO5. The fraction of sp³-hybridized carbons (Fsp3) is 0.808. The number of allylic oxidation sites excluding steroid dienone is 2. The molecule has 0 unspecified atom stereocenters. The number of amides is 2. The van der Waals surface area contributed by atoms with E-state index in [1.54, 1.807) is 0 Å². The monoisotopic (exact) mass is 453 g/mol. The lowest BCUT2D eigenvalue weighted by atomic mass is 10.1. The standard InChI is InChI=1S/C22H42O2.C4H5NO3/c1-2-3-4-5-6-7-8-9-10-11-12-13-14-15-16-17-18-19-20-21-22(23)24;6-3-1-2-4(7)5(3)8/h9-10H,2-8,11-21H2,1H3,(H,23,24);8H,1-2H2/b10-9-;. The average Bonchev–Trinajstić information content (AvgIpc) is 3.06. The number of carboxylic acid groups (broad SMARTS) is 1. The topological polar surface area (TPSA) is 94.9 Å². The van der Waals surface area contributed by atoms with Gasteiger partial charge in [-0.05, 0) is 32.1 Å². The maximum absolute atomic E-state index is 10.4. The molecule has 32 heavy (non-hydrogen) atoms. The van der Waals surface area contributed by atoms with Gasteiger partial charge in [0.2, 0.25) is 0 Å². The fourth-order valence-corrected chi connectivity index (χ4v) is 3.62. The molecule has 1 rings (SSSR count). The minimum atomic E-state index is -0.656. The maximum atomic E-state index is 10.4. The zero-order valence-corrected chi connectivity index (χ0v) is 20.4. The highest BCUT2D eigenvalue weighted by atomic mass is 16.5. The van der Waals surface area contributed by atoms with Crippen LogP contribution in [0, 0.1) is 0 Å². The van der Waals surface area contributed by atoms with E-state index in [0.717, 1.165) is 12.8 Å². The van der Waals surface area contributed by atoms with Gasteiger partial charge in [0.05, 0.1) is 0 Å². The van der Waals surface area contributed by atoms with Crippen LogP contribution >= 0.6 is 0 Å². The molecule has 0 aromatic heterocycles. The Morgan fingerprint density at radius 3 is 1.44 bits per heavy atom. The molecule has 0 bridgehead atoms. The van der Waals surface area contributed by atoms with E-state index in [-0.39, 0.29) is 17.9 Å². The summed E-state index contributed by atoms with van der Waals surface area (Å²) in [5, 5.41) is 17.1. The van der Waals surface area contributed by atoms with Gasteiger partial charge in [0.15, 0.2) is 0 Å². The van der Waals surface area contributed by atoms with E-state index in [0.29, 0.717) is 6.42 Å². The number of hydroxylamine groups is 2. The van der Waals surface area contributed by atoms with Crippen LogP contribution in [0.25, 0.3) is 0 Å². The van der Waals surface area contributed by atoms with Crippen molar-refractivity contribution >= 4 is 17.8 Å². The lowest BCUT2D eigenvalue weighted by Gasteiger charge is -2.01. The molecule has 2 amide bonds. The zero-order valence-electron chi connectivity index (χ0n) is 20.4. The lowest BCUT2D eigenvalue weighted by molar-refractivity contribution is -0.171. The summed E-state index contributed by atoms with van der Waals surface area (Å²) < 4.78 is 0. The number of rotatable bonds is 19. The lowest BCUT2D eigenvalue weighted by Crippen LogP contribution is -2.24. The van der Waals surface area contributed by atoms with E-state index >= 15 is 0 Å². The number of imide groups is 1. The molecule has 1 saturated heterocycles. The third-order valence-corrected chi connectivity index (χ3v) is 5.68. The van der Waals surface area contributed by atoms with Crippen molar-refractivity contribution in [1.82, 2.24) is 5.06 Å². The van der Waals surface area contributed by atoms with Crippen molar-refractivity contribution in [3.05, 3.63) is 12.2 Å². The van der Waals surface area contributed by atoms with Crippen molar-refractivity contribution < 1.29 is 24.7 Å². The minimum Gasteiger partial charge on any atom is -0.481 e. The molecule has 1 fully saturated rings. The van der Waals surface area contributed by atoms with Crippen molar-refractivity contribution in [3.8, 4) is 0 Å². The number of carbonyl (C=O) groups is 3. The number of unbranched alkanes of at least 4 members (excludes halogenated alkanes) is 15. The molecule has 0 spiro atoms. The summed E-state index contributed by atoms with van der Waals surface area (Å²) in [5.41, 5.74) is 0. The van der Waals surface area contributed by atoms with Gasteiger partial charge in [-0.3, -0.25) is 19.6 Å². The molecule has 0 atom stereocenters. The SMILES string of the molecule is CCCCCCCC/C=C\CCCCCCCCCCCC(=O)O.O=C1CCC(=O)N1O. The van der Waals surface area contributed by atoms with Crippen molar-refractivity contribution in [2.45, 2.75) is 135 Å². The molecule has 1 aliphatic rings. The van der Waals surface area contributed by atoms with Gasteiger partial charge in [-0.1, -0.05) is 96.1 Å². The Bertz CT molecular complexity index is 502. The van der Waals surface area contributed by atoms with Crippen LogP contribution in [0.5, 0.6) is 0 Å². The molecule has 0 radical (unpaired) electrons. The Morgan fingerprint density at radius 1 is 0.719 bits per heavy atom. The summed E-state index contributed by atoms with van der Waals surface area (Å²) in [6.07, 6.45) is 27.4. The highest BCUT2D eigenvalue weighted by Gasteiger charge is 2.26. The highest BCUT2D eigenvalue weighted by molar-refractivity contribution is 6.00. The summed E-state index contributed by atoms with van der Waals surface area (Å²) in [7, 11) is 0. The third kappa shape index (κ3) is 20.2. The van der Waals surface area contributed by atoms with Crippen LogP contribution in [-0.2, 0) is 14.4 Å². The molecule has 0 saturated carbocycles. The molecule has 6 nitrogen and oxygen atoms in total. The molecule has 1 heterocycles. The minimum absolute atomic E-state index is 0.148. The van der Waals surface area contributed by atoms with Crippen LogP contribution in [0.4, 0.5) is 0 Å². The Labute approximate surface area is 195 Å². The summed E-state index contributed by atoms with van der Waals surface area (Å²) >= 11 is 0. The first-order valence-corrected chi connectivity index (χ1v) is 12.9. The largest absolute Gasteiger partial charge is 0.481 e. The predicted octanol–water partition coefficient (Wildman–Crippen LogP) is 7.19. The second-order valence-electron chi connectivity index (χ2n) is 8.74. The van der Waals surface area contributed by atoms with Crippen LogP contribution in [-0.4, -0.2) is 33.2 Å². The van der Waals surface area contributed by atoms with Gasteiger partial charge >= 0.3 is 5.97 Å². The second kappa shape index (κ2) is 22.5. The molecule has 2 N–H and O–H groups in total. The molecule has 0 aromatic rings. The average molecular weight is 454 g/mol. The van der Waals surface area contributed by atoms with E-state index in [9.17, 15) is 14.4 Å². The second-order valence-corrected chi connectivity index (χ2v) is 8.74. The summed E-state index contributed by atoms with van der Waals surface area (Å²) in [6.45, 7) is 2.27. The van der Waals surface area contributed by atoms with E-state index in [1.165, 1.54) is 96.3 Å². The van der Waals surface area contributed by atoms with E-state index < -0.39 is 17.8 Å². The van der Waals surface area contributed by atoms with E-state index in [1.807, 2.05) is 0 Å². The van der Waals surface area contributed by atoms with Crippen LogP contribution in [0.1, 0.15) is 135 Å². The Kier molecular flexibility index (Phi) is 21.3. The van der Waals surface area contributed by atoms with Gasteiger partial charge in [-0.15, -0.1) is 0 Å². The van der Waals surface area contributed by atoms with Crippen LogP contribution in [0.2, 0.25) is 0 Å². The van der Waals surface area contributed by atoms with Crippen molar-refractivity contribution in [3.63, 3.8) is 0 Å². The Morgan fingerprint density at radius 2 is 1.09 bits per heavy atom. The van der Waals surface area contributed by atoms with Gasteiger partial charge in [0, 0.05) is 19.3 Å². The molecule has 1 aliphatic heterocycles. The Balaban J connectivity index is 0.000000995. The highest BCUT2D eigenvalue weighted by Crippen LogP contribution is 2.12. The van der Waals surface area contributed by atoms with Gasteiger partial charge in [0.1, 0.15) is 0 Å². The van der Waals surface area contributed by atoms with Gasteiger partial charge in [0.25, 0.3) is 11.8 Å². The maximum Gasteiger partial charge on any atom is 0.303 e. The summed E-state index contributed by atoms with van der Waals surface area (Å²) in [6, 6.07) is 0. The van der Waals surface area contributed by atoms with E-state index in [4.69, 9.17) is 10.3 Å². The quantitative estimate of drug-likeness (QED) is 0.0933. The fourth-order valence-electron chi connectivity index (χ4n) is 3.62. The summed E-state index contributed by atoms with van der Waals surface area (Å²) in [5.74, 6) is -1.67. The number of carboxylic acids is 1. The van der Waals surface area contributed by atoms with Gasteiger partial charge in [-0.25, -0.2) is 0 Å². The van der Waals surface area contributed by atoms with Crippen molar-refractivity contribution in [1.29, 1.82) is 0 Å². The van der Waals surface area contributed by atoms with Crippen molar-refractivity contribution in [2.75, 3.05) is 0 Å². The van der Waals surface area contributed by atoms with Crippen LogP contribution in [0.3, 0.4) is 0 Å². The smallest absolute Gasteiger partial charge is 0.303 e.